The fourth-order valence-electron chi connectivity index (χ4n) is 1.29. The van der Waals surface area contributed by atoms with E-state index in [4.69, 9.17) is 0 Å². The van der Waals surface area contributed by atoms with Crippen LogP contribution in [0.5, 0.6) is 0 Å². The summed E-state index contributed by atoms with van der Waals surface area (Å²) in [4.78, 5) is 22.9. The summed E-state index contributed by atoms with van der Waals surface area (Å²) in [5, 5.41) is 2.66. The molecule has 0 aliphatic heterocycles. The van der Waals surface area contributed by atoms with Crippen LogP contribution in [-0.2, 0) is 0 Å². The zero-order chi connectivity index (χ0) is 13.4. The topological polar surface area (TPSA) is 70.2 Å². The highest BCUT2D eigenvalue weighted by molar-refractivity contribution is 5.95. The lowest BCUT2D eigenvalue weighted by Gasteiger charge is -2.09. The van der Waals surface area contributed by atoms with E-state index < -0.39 is 6.03 Å². The number of amides is 3. The van der Waals surface area contributed by atoms with E-state index in [1.165, 1.54) is 0 Å². The molecule has 3 amide bonds. The molecule has 0 aromatic heterocycles. The minimum Gasteiger partial charge on any atom is -0.337 e. The van der Waals surface area contributed by atoms with E-state index in [0.717, 1.165) is 6.42 Å². The Hall–Kier alpha value is -2.04. The first-order valence-corrected chi connectivity index (χ1v) is 5.99. The molecule has 5 heteroatoms. The molecule has 0 aliphatic rings. The normalized spacial score (nSPS) is 9.94. The van der Waals surface area contributed by atoms with Gasteiger partial charge in [-0.05, 0) is 24.5 Å². The van der Waals surface area contributed by atoms with Crippen LogP contribution in [-0.4, -0.2) is 18.5 Å². The van der Waals surface area contributed by atoms with Crippen molar-refractivity contribution >= 4 is 11.9 Å². The molecular weight excluding hydrogens is 230 g/mol. The maximum Gasteiger partial charge on any atom is 0.333 e. The fraction of sp³-hybridized carbons (Fsp3) is 0.385. The Morgan fingerprint density at radius 3 is 2.39 bits per heavy atom. The van der Waals surface area contributed by atoms with Crippen LogP contribution in [0, 0.1) is 5.92 Å². The molecule has 1 rings (SSSR count). The van der Waals surface area contributed by atoms with Gasteiger partial charge in [0.1, 0.15) is 0 Å². The van der Waals surface area contributed by atoms with Crippen LogP contribution in [0.25, 0.3) is 0 Å². The van der Waals surface area contributed by atoms with E-state index >= 15 is 0 Å². The molecule has 0 saturated carbocycles. The van der Waals surface area contributed by atoms with Crippen LogP contribution in [0.3, 0.4) is 0 Å². The minimum absolute atomic E-state index is 0.338. The van der Waals surface area contributed by atoms with Crippen molar-refractivity contribution in [2.45, 2.75) is 20.3 Å². The molecule has 0 radical (unpaired) electrons. The van der Waals surface area contributed by atoms with Gasteiger partial charge in [0, 0.05) is 12.1 Å². The number of rotatable bonds is 4. The number of carbonyl (C=O) groups is 2. The molecule has 5 nitrogen and oxygen atoms in total. The number of hydrogen-bond acceptors (Lipinski definition) is 2. The van der Waals surface area contributed by atoms with Crippen molar-refractivity contribution in [3.05, 3.63) is 35.9 Å². The quantitative estimate of drug-likeness (QED) is 0.710. The van der Waals surface area contributed by atoms with Crippen molar-refractivity contribution in [2.75, 3.05) is 6.54 Å². The first-order valence-electron chi connectivity index (χ1n) is 5.99. The van der Waals surface area contributed by atoms with Gasteiger partial charge < -0.3 is 5.32 Å². The molecular formula is C13H19N3O2. The first-order chi connectivity index (χ1) is 8.59. The smallest absolute Gasteiger partial charge is 0.333 e. The van der Waals surface area contributed by atoms with Gasteiger partial charge in [0.05, 0.1) is 0 Å². The minimum atomic E-state index is -0.403. The van der Waals surface area contributed by atoms with Crippen molar-refractivity contribution < 1.29 is 9.59 Å². The third-order valence-electron chi connectivity index (χ3n) is 2.33. The average molecular weight is 249 g/mol. The zero-order valence-corrected chi connectivity index (χ0v) is 10.7. The van der Waals surface area contributed by atoms with Crippen molar-refractivity contribution in [1.82, 2.24) is 16.2 Å². The third-order valence-corrected chi connectivity index (χ3v) is 2.33. The molecule has 3 N–H and O–H groups in total. The number of urea groups is 1. The van der Waals surface area contributed by atoms with E-state index in [9.17, 15) is 9.59 Å². The van der Waals surface area contributed by atoms with Gasteiger partial charge in [0.25, 0.3) is 5.91 Å². The second-order valence-corrected chi connectivity index (χ2v) is 4.38. The van der Waals surface area contributed by atoms with Crippen LogP contribution in [0.2, 0.25) is 0 Å². The molecule has 1 aromatic carbocycles. The van der Waals surface area contributed by atoms with E-state index in [2.05, 4.69) is 30.0 Å². The van der Waals surface area contributed by atoms with Gasteiger partial charge in [-0.15, -0.1) is 0 Å². The summed E-state index contributed by atoms with van der Waals surface area (Å²) in [5.74, 6) is 0.193. The van der Waals surface area contributed by atoms with Gasteiger partial charge >= 0.3 is 6.03 Å². The molecule has 0 saturated heterocycles. The van der Waals surface area contributed by atoms with E-state index in [0.29, 0.717) is 18.0 Å². The number of hydrazine groups is 1. The molecule has 0 spiro atoms. The average Bonchev–Trinajstić information content (AvgIpc) is 2.36. The monoisotopic (exact) mass is 249 g/mol. The molecule has 0 aliphatic carbocycles. The molecule has 98 valence electrons. The van der Waals surface area contributed by atoms with Gasteiger partial charge in [-0.2, -0.15) is 0 Å². The van der Waals surface area contributed by atoms with E-state index in [1.807, 2.05) is 6.07 Å². The summed E-state index contributed by atoms with van der Waals surface area (Å²) >= 11 is 0. The van der Waals surface area contributed by atoms with Crippen LogP contribution >= 0.6 is 0 Å². The van der Waals surface area contributed by atoms with Crippen molar-refractivity contribution in [3.63, 3.8) is 0 Å². The maximum atomic E-state index is 11.6. The van der Waals surface area contributed by atoms with Gasteiger partial charge in [0.15, 0.2) is 0 Å². The number of carbonyl (C=O) groups excluding carboxylic acids is 2. The Labute approximate surface area is 107 Å². The highest BCUT2D eigenvalue weighted by Crippen LogP contribution is 1.97. The van der Waals surface area contributed by atoms with Crippen molar-refractivity contribution in [1.29, 1.82) is 0 Å². The highest BCUT2D eigenvalue weighted by atomic mass is 16.2. The number of nitrogens with one attached hydrogen (secondary N) is 3. The van der Waals surface area contributed by atoms with E-state index in [-0.39, 0.29) is 5.91 Å². The molecule has 0 unspecified atom stereocenters. The Kier molecular flexibility index (Phi) is 5.70. The van der Waals surface area contributed by atoms with Crippen molar-refractivity contribution in [3.8, 4) is 0 Å². The van der Waals surface area contributed by atoms with Crippen LogP contribution in [0.15, 0.2) is 30.3 Å². The zero-order valence-electron chi connectivity index (χ0n) is 10.7. The lowest BCUT2D eigenvalue weighted by molar-refractivity contribution is 0.0936. The van der Waals surface area contributed by atoms with Gasteiger partial charge in [0.2, 0.25) is 0 Å². The molecule has 0 bridgehead atoms. The summed E-state index contributed by atoms with van der Waals surface area (Å²) in [6.45, 7) is 4.75. The Morgan fingerprint density at radius 1 is 1.11 bits per heavy atom. The predicted octanol–water partition coefficient (Wildman–Crippen LogP) is 1.68. The SMILES string of the molecule is CC(C)CCNC(=O)NNC(=O)c1ccccc1. The Morgan fingerprint density at radius 2 is 1.78 bits per heavy atom. The van der Waals surface area contributed by atoms with Crippen LogP contribution in [0.1, 0.15) is 30.6 Å². The second kappa shape index (κ2) is 7.32. The molecule has 0 heterocycles. The second-order valence-electron chi connectivity index (χ2n) is 4.38. The lowest BCUT2D eigenvalue weighted by Crippen LogP contribution is -2.47. The summed E-state index contributed by atoms with van der Waals surface area (Å²) in [5.41, 5.74) is 5.14. The fourth-order valence-corrected chi connectivity index (χ4v) is 1.29. The number of benzene rings is 1. The van der Waals surface area contributed by atoms with Crippen LogP contribution in [0.4, 0.5) is 4.79 Å². The summed E-state index contributed by atoms with van der Waals surface area (Å²) < 4.78 is 0. The molecule has 18 heavy (non-hydrogen) atoms. The first kappa shape index (κ1) is 14.0. The number of hydrogen-bond donors (Lipinski definition) is 3. The third kappa shape index (κ3) is 5.34. The summed E-state index contributed by atoms with van der Waals surface area (Å²) in [7, 11) is 0. The predicted molar refractivity (Wildman–Crippen MR) is 69.9 cm³/mol. The van der Waals surface area contributed by atoms with Gasteiger partial charge in [-0.3, -0.25) is 10.2 Å². The molecule has 0 atom stereocenters. The maximum absolute atomic E-state index is 11.6. The molecule has 1 aromatic rings. The van der Waals surface area contributed by atoms with E-state index in [1.54, 1.807) is 24.3 Å². The summed E-state index contributed by atoms with van der Waals surface area (Å²) in [6, 6.07) is 8.29. The van der Waals surface area contributed by atoms with Gasteiger partial charge in [-0.25, -0.2) is 10.2 Å². The molecule has 0 fully saturated rings. The standard InChI is InChI=1S/C13H19N3O2/c1-10(2)8-9-14-13(18)16-15-12(17)11-6-4-3-5-7-11/h3-7,10H,8-9H2,1-2H3,(H,15,17)(H2,14,16,18). The Balaban J connectivity index is 2.24. The van der Waals surface area contributed by atoms with Crippen molar-refractivity contribution in [2.24, 2.45) is 5.92 Å². The summed E-state index contributed by atoms with van der Waals surface area (Å²) in [6.07, 6.45) is 0.903. The largest absolute Gasteiger partial charge is 0.337 e. The van der Waals surface area contributed by atoms with Crippen LogP contribution < -0.4 is 16.2 Å². The van der Waals surface area contributed by atoms with Gasteiger partial charge in [-0.1, -0.05) is 32.0 Å². The Bertz CT molecular complexity index is 390. The highest BCUT2D eigenvalue weighted by Gasteiger charge is 2.05. The lowest BCUT2D eigenvalue weighted by atomic mass is 10.1.